The van der Waals surface area contributed by atoms with Crippen molar-refractivity contribution in [3.05, 3.63) is 71.0 Å². The Morgan fingerprint density at radius 2 is 2.11 bits per heavy atom. The third-order valence-corrected chi connectivity index (χ3v) is 7.46. The van der Waals surface area contributed by atoms with Crippen molar-refractivity contribution >= 4 is 11.7 Å². The van der Waals surface area contributed by atoms with Gasteiger partial charge in [0.2, 0.25) is 5.88 Å². The fourth-order valence-corrected chi connectivity index (χ4v) is 5.26. The van der Waals surface area contributed by atoms with Crippen molar-refractivity contribution in [2.45, 2.75) is 51.9 Å². The van der Waals surface area contributed by atoms with E-state index in [9.17, 15) is 14.3 Å². The number of hydrazine groups is 2. The number of hydrogen-bond acceptors (Lipinski definition) is 7. The monoisotopic (exact) mass is 508 g/mol. The van der Waals surface area contributed by atoms with Crippen molar-refractivity contribution in [2.24, 2.45) is 11.3 Å². The van der Waals surface area contributed by atoms with Gasteiger partial charge < -0.3 is 20.0 Å². The first-order valence-electron chi connectivity index (χ1n) is 12.7. The third-order valence-electron chi connectivity index (χ3n) is 7.46. The summed E-state index contributed by atoms with van der Waals surface area (Å²) in [4.78, 5) is 15.8. The van der Waals surface area contributed by atoms with Crippen LogP contribution in [-0.2, 0) is 4.79 Å². The van der Waals surface area contributed by atoms with Gasteiger partial charge >= 0.3 is 5.97 Å². The van der Waals surface area contributed by atoms with E-state index in [0.717, 1.165) is 48.2 Å². The molecule has 1 aromatic carbocycles. The Morgan fingerprint density at radius 3 is 2.78 bits per heavy atom. The Kier molecular flexibility index (Phi) is 6.81. The van der Waals surface area contributed by atoms with Crippen LogP contribution < -0.4 is 25.4 Å². The van der Waals surface area contributed by atoms with E-state index in [-0.39, 0.29) is 30.2 Å². The third kappa shape index (κ3) is 5.27. The second-order valence-electron chi connectivity index (χ2n) is 10.5. The number of ether oxygens (including phenoxy) is 2. The number of aliphatic carboxylic acids is 1. The number of rotatable bonds is 10. The van der Waals surface area contributed by atoms with E-state index in [4.69, 9.17) is 9.47 Å². The van der Waals surface area contributed by atoms with Crippen LogP contribution in [0.4, 0.5) is 10.1 Å². The quantitative estimate of drug-likeness (QED) is 0.410. The minimum atomic E-state index is -0.801. The zero-order valence-electron chi connectivity index (χ0n) is 21.4. The maximum Gasteiger partial charge on any atom is 0.303 e. The summed E-state index contributed by atoms with van der Waals surface area (Å²) in [6.45, 7) is 4.53. The molecule has 0 spiro atoms. The highest BCUT2D eigenvalue weighted by Crippen LogP contribution is 2.46. The normalized spacial score (nSPS) is 19.5. The van der Waals surface area contributed by atoms with Crippen molar-refractivity contribution in [3.63, 3.8) is 0 Å². The van der Waals surface area contributed by atoms with Crippen LogP contribution in [0.1, 0.15) is 57.4 Å². The molecule has 0 radical (unpaired) electrons. The molecule has 1 atom stereocenters. The molecule has 8 nitrogen and oxygen atoms in total. The average Bonchev–Trinajstić information content (AvgIpc) is 3.54. The summed E-state index contributed by atoms with van der Waals surface area (Å²) in [5, 5.41) is 11.1. The van der Waals surface area contributed by atoms with Crippen molar-refractivity contribution in [1.29, 1.82) is 0 Å². The molecule has 37 heavy (non-hydrogen) atoms. The van der Waals surface area contributed by atoms with Crippen LogP contribution in [0.25, 0.3) is 0 Å². The molecule has 0 bridgehead atoms. The summed E-state index contributed by atoms with van der Waals surface area (Å²) in [6.07, 6.45) is 7.97. The van der Waals surface area contributed by atoms with Crippen LogP contribution in [0.5, 0.6) is 11.6 Å². The van der Waals surface area contributed by atoms with E-state index < -0.39 is 5.97 Å². The minimum Gasteiger partial charge on any atom is -0.497 e. The number of carbonyl (C=O) groups is 1. The lowest BCUT2D eigenvalue weighted by Crippen LogP contribution is -2.39. The number of pyridine rings is 1. The molecular formula is C28H33FN4O4. The molecule has 0 amide bonds. The number of halogens is 1. The zero-order valence-corrected chi connectivity index (χ0v) is 21.4. The van der Waals surface area contributed by atoms with Gasteiger partial charge in [-0.05, 0) is 72.3 Å². The zero-order chi connectivity index (χ0) is 26.2. The molecule has 1 saturated carbocycles. The maximum atomic E-state index is 15.0. The van der Waals surface area contributed by atoms with Gasteiger partial charge in [0.15, 0.2) is 0 Å². The number of nitrogens with one attached hydrogen (secondary N) is 2. The van der Waals surface area contributed by atoms with E-state index in [1.54, 1.807) is 30.4 Å². The van der Waals surface area contributed by atoms with E-state index in [1.165, 1.54) is 6.07 Å². The molecule has 2 aliphatic carbocycles. The van der Waals surface area contributed by atoms with Gasteiger partial charge in [-0.15, -0.1) is 5.53 Å². The van der Waals surface area contributed by atoms with Gasteiger partial charge in [-0.25, -0.2) is 9.37 Å². The van der Waals surface area contributed by atoms with Crippen molar-refractivity contribution in [2.75, 3.05) is 18.7 Å². The smallest absolute Gasteiger partial charge is 0.303 e. The molecule has 0 saturated heterocycles. The topological polar surface area (TPSA) is 96.0 Å². The highest BCUT2D eigenvalue weighted by Gasteiger charge is 2.38. The van der Waals surface area contributed by atoms with Gasteiger partial charge in [-0.3, -0.25) is 9.80 Å². The van der Waals surface area contributed by atoms with Crippen molar-refractivity contribution in [1.82, 2.24) is 15.9 Å². The van der Waals surface area contributed by atoms with E-state index in [0.29, 0.717) is 23.2 Å². The van der Waals surface area contributed by atoms with Crippen LogP contribution in [0.2, 0.25) is 0 Å². The molecule has 5 rings (SSSR count). The van der Waals surface area contributed by atoms with E-state index in [2.05, 4.69) is 35.9 Å². The van der Waals surface area contributed by atoms with Gasteiger partial charge in [0.1, 0.15) is 18.2 Å². The summed E-state index contributed by atoms with van der Waals surface area (Å²) < 4.78 is 26.4. The minimum absolute atomic E-state index is 0.0418. The first-order valence-corrected chi connectivity index (χ1v) is 12.7. The number of methoxy groups -OCH3 is 1. The Labute approximate surface area is 216 Å². The van der Waals surface area contributed by atoms with Gasteiger partial charge in [0.25, 0.3) is 0 Å². The Hall–Kier alpha value is -3.59. The van der Waals surface area contributed by atoms with E-state index in [1.807, 2.05) is 12.1 Å². The first kappa shape index (κ1) is 25.1. The summed E-state index contributed by atoms with van der Waals surface area (Å²) in [6, 6.07) is 8.35. The molecule has 2 aromatic rings. The van der Waals surface area contributed by atoms with Crippen LogP contribution in [0.3, 0.4) is 0 Å². The summed E-state index contributed by atoms with van der Waals surface area (Å²) >= 11 is 0. The van der Waals surface area contributed by atoms with Crippen LogP contribution in [-0.4, -0.2) is 29.8 Å². The number of hydrogen-bond donors (Lipinski definition) is 3. The number of carboxylic acid groups (broad SMARTS) is 1. The van der Waals surface area contributed by atoms with Crippen LogP contribution in [0.15, 0.2) is 59.6 Å². The molecule has 1 unspecified atom stereocenters. The highest BCUT2D eigenvalue weighted by molar-refractivity contribution is 5.68. The Bertz CT molecular complexity index is 1250. The number of aromatic nitrogens is 1. The van der Waals surface area contributed by atoms with Gasteiger partial charge in [0.05, 0.1) is 30.6 Å². The molecule has 1 aliphatic heterocycles. The SMILES string of the molecule is COc1ccc(F)c(N2NNC(COc3cc(C(CC(=O)O)C4CC4)ccn3)=C2C2=CCCC2(C)C)c1. The lowest BCUT2D eigenvalue weighted by molar-refractivity contribution is -0.137. The number of allylic oxidation sites excluding steroid dienone is 2. The molecular weight excluding hydrogens is 475 g/mol. The van der Waals surface area contributed by atoms with Crippen LogP contribution in [0, 0.1) is 17.2 Å². The first-order chi connectivity index (χ1) is 17.8. The standard InChI is InChI=1S/C28H33FN4O4/c1-28(2)11-4-5-21(28)27-23(31-32-33(27)24-14-19(36-3)8-9-22(24)29)16-37-25-13-18(10-12-30-25)20(15-26(34)35)17-6-7-17/h5,8-10,12-14,17,20,31-32H,4,6-7,11,15-16H2,1-3H3,(H,34,35). The molecule has 196 valence electrons. The summed E-state index contributed by atoms with van der Waals surface area (Å²) in [5.41, 5.74) is 10.1. The van der Waals surface area contributed by atoms with Gasteiger partial charge in [0, 0.05) is 18.3 Å². The maximum absolute atomic E-state index is 15.0. The van der Waals surface area contributed by atoms with Crippen molar-refractivity contribution < 1.29 is 23.8 Å². The predicted octanol–water partition coefficient (Wildman–Crippen LogP) is 5.06. The van der Waals surface area contributed by atoms with Gasteiger partial charge in [-0.2, -0.15) is 0 Å². The molecule has 3 aliphatic rings. The predicted molar refractivity (Wildman–Crippen MR) is 137 cm³/mol. The lowest BCUT2D eigenvalue weighted by Gasteiger charge is -2.29. The summed E-state index contributed by atoms with van der Waals surface area (Å²) in [7, 11) is 1.55. The fourth-order valence-electron chi connectivity index (χ4n) is 5.26. The Morgan fingerprint density at radius 1 is 1.30 bits per heavy atom. The number of benzene rings is 1. The summed E-state index contributed by atoms with van der Waals surface area (Å²) in [5.74, 6) is 0.140. The molecule has 9 heteroatoms. The second kappa shape index (κ2) is 10.0. The average molecular weight is 509 g/mol. The van der Waals surface area contributed by atoms with Gasteiger partial charge in [-0.1, -0.05) is 19.9 Å². The molecule has 3 N–H and O–H groups in total. The number of anilines is 1. The largest absolute Gasteiger partial charge is 0.497 e. The number of carboxylic acids is 1. The van der Waals surface area contributed by atoms with Crippen molar-refractivity contribution in [3.8, 4) is 11.6 Å². The number of nitrogens with zero attached hydrogens (tertiary/aromatic N) is 2. The lowest BCUT2D eigenvalue weighted by atomic mass is 9.83. The highest BCUT2D eigenvalue weighted by atomic mass is 19.1. The van der Waals surface area contributed by atoms with Crippen LogP contribution >= 0.6 is 0 Å². The molecule has 2 heterocycles. The fraction of sp³-hybridized carbons (Fsp3) is 0.429. The second-order valence-corrected chi connectivity index (χ2v) is 10.5. The van der Waals surface area contributed by atoms with E-state index >= 15 is 0 Å². The Balaban J connectivity index is 1.44. The molecule has 1 fully saturated rings. The molecule has 1 aromatic heterocycles.